The van der Waals surface area contributed by atoms with Gasteiger partial charge in [-0.15, -0.1) is 0 Å². The minimum absolute atomic E-state index is 0.744. The molecule has 3 heteroatoms. The van der Waals surface area contributed by atoms with E-state index in [1.807, 2.05) is 18.2 Å². The summed E-state index contributed by atoms with van der Waals surface area (Å²) in [5.74, 6) is 0.792. The van der Waals surface area contributed by atoms with Crippen LogP contribution in [-0.4, -0.2) is 16.5 Å². The Hall–Kier alpha value is -2.16. The third-order valence-electron chi connectivity index (χ3n) is 2.07. The molecule has 1 N–H and O–H groups in total. The summed E-state index contributed by atoms with van der Waals surface area (Å²) in [5, 5.41) is 3.15. The van der Waals surface area contributed by atoms with Crippen LogP contribution in [0, 0.1) is 0 Å². The molecule has 0 fully saturated rings. The summed E-state index contributed by atoms with van der Waals surface area (Å²) in [4.78, 5) is 8.09. The summed E-state index contributed by atoms with van der Waals surface area (Å²) in [7, 11) is 0. The van der Waals surface area contributed by atoms with Crippen LogP contribution >= 0.6 is 0 Å². The first kappa shape index (κ1) is 10.4. The second-order valence-electron chi connectivity index (χ2n) is 3.28. The molecule has 0 aliphatic heterocycles. The van der Waals surface area contributed by atoms with Gasteiger partial charge < -0.3 is 5.32 Å². The van der Waals surface area contributed by atoms with Crippen LogP contribution in [0.3, 0.4) is 0 Å². The van der Waals surface area contributed by atoms with Crippen molar-refractivity contribution in [3.63, 3.8) is 0 Å². The van der Waals surface area contributed by atoms with Gasteiger partial charge in [-0.2, -0.15) is 0 Å². The minimum atomic E-state index is 0.744. The number of rotatable bonds is 4. The monoisotopic (exact) mass is 211 g/mol. The van der Waals surface area contributed by atoms with Crippen molar-refractivity contribution in [1.29, 1.82) is 0 Å². The highest BCUT2D eigenvalue weighted by atomic mass is 15.0. The van der Waals surface area contributed by atoms with E-state index in [0.717, 1.165) is 12.4 Å². The quantitative estimate of drug-likeness (QED) is 0.844. The van der Waals surface area contributed by atoms with E-state index in [0.29, 0.717) is 0 Å². The first-order valence-corrected chi connectivity index (χ1v) is 5.16. The molecular weight excluding hydrogens is 198 g/mol. The highest BCUT2D eigenvalue weighted by Crippen LogP contribution is 2.01. The maximum Gasteiger partial charge on any atom is 0.144 e. The molecule has 1 aromatic heterocycles. The minimum Gasteiger partial charge on any atom is -0.365 e. The molecule has 0 aliphatic rings. The lowest BCUT2D eigenvalue weighted by Crippen LogP contribution is -2.00. The molecular formula is C13H13N3. The fourth-order valence-electron chi connectivity index (χ4n) is 1.31. The van der Waals surface area contributed by atoms with Gasteiger partial charge in [-0.3, -0.25) is 4.98 Å². The smallest absolute Gasteiger partial charge is 0.144 e. The molecule has 0 amide bonds. The van der Waals surface area contributed by atoms with Crippen molar-refractivity contribution in [3.8, 4) is 0 Å². The van der Waals surface area contributed by atoms with Gasteiger partial charge in [0, 0.05) is 18.9 Å². The van der Waals surface area contributed by atoms with E-state index in [1.165, 1.54) is 5.56 Å². The topological polar surface area (TPSA) is 37.8 Å². The summed E-state index contributed by atoms with van der Waals surface area (Å²) in [6.45, 7) is 0.744. The van der Waals surface area contributed by atoms with Gasteiger partial charge in [-0.25, -0.2) is 4.98 Å². The van der Waals surface area contributed by atoms with Gasteiger partial charge >= 0.3 is 0 Å². The summed E-state index contributed by atoms with van der Waals surface area (Å²) in [6, 6.07) is 10.2. The normalized spacial score (nSPS) is 10.5. The van der Waals surface area contributed by atoms with Crippen molar-refractivity contribution in [2.24, 2.45) is 0 Å². The molecule has 1 aromatic carbocycles. The maximum atomic E-state index is 4.12. The van der Waals surface area contributed by atoms with E-state index < -0.39 is 0 Å². The van der Waals surface area contributed by atoms with E-state index >= 15 is 0 Å². The number of benzene rings is 1. The van der Waals surface area contributed by atoms with E-state index in [2.05, 4.69) is 39.6 Å². The Kier molecular flexibility index (Phi) is 3.66. The first-order valence-electron chi connectivity index (χ1n) is 5.16. The predicted molar refractivity (Wildman–Crippen MR) is 66.0 cm³/mol. The number of hydrogen-bond donors (Lipinski definition) is 1. The Morgan fingerprint density at radius 3 is 2.75 bits per heavy atom. The van der Waals surface area contributed by atoms with Crippen LogP contribution in [-0.2, 0) is 0 Å². The molecule has 0 aliphatic carbocycles. The van der Waals surface area contributed by atoms with E-state index in [4.69, 9.17) is 0 Å². The number of nitrogens with zero attached hydrogens (tertiary/aromatic N) is 2. The average molecular weight is 211 g/mol. The molecule has 3 nitrogen and oxygen atoms in total. The lowest BCUT2D eigenvalue weighted by Gasteiger charge is -1.99. The van der Waals surface area contributed by atoms with Crippen LogP contribution in [0.15, 0.2) is 55.0 Å². The molecule has 0 radical (unpaired) electrons. The SMILES string of the molecule is C(=C\c1ccccc1)/CNc1cnccn1. The third kappa shape index (κ3) is 3.20. The molecule has 2 aromatic rings. The highest BCUT2D eigenvalue weighted by Gasteiger charge is 1.87. The standard InChI is InChI=1S/C13H13N3/c1-2-5-12(6-3-1)7-4-8-15-13-11-14-9-10-16-13/h1-7,9-11H,8H2,(H,15,16)/b7-4+. The Bertz CT molecular complexity index is 437. The first-order chi connectivity index (χ1) is 7.95. The summed E-state index contributed by atoms with van der Waals surface area (Å²) in [6.07, 6.45) is 9.16. The zero-order chi connectivity index (χ0) is 11.1. The third-order valence-corrected chi connectivity index (χ3v) is 2.07. The zero-order valence-electron chi connectivity index (χ0n) is 8.88. The molecule has 0 saturated carbocycles. The van der Waals surface area contributed by atoms with Crippen molar-refractivity contribution >= 4 is 11.9 Å². The molecule has 1 heterocycles. The van der Waals surface area contributed by atoms with Crippen LogP contribution in [0.25, 0.3) is 6.08 Å². The molecule has 0 saturated heterocycles. The Balaban J connectivity index is 1.83. The Labute approximate surface area is 94.9 Å². The Morgan fingerprint density at radius 1 is 1.12 bits per heavy atom. The van der Waals surface area contributed by atoms with Crippen molar-refractivity contribution in [1.82, 2.24) is 9.97 Å². The summed E-state index contributed by atoms with van der Waals surface area (Å²) >= 11 is 0. The van der Waals surface area contributed by atoms with Crippen LogP contribution in [0.1, 0.15) is 5.56 Å². The fraction of sp³-hybridized carbons (Fsp3) is 0.0769. The van der Waals surface area contributed by atoms with Crippen molar-refractivity contribution in [2.45, 2.75) is 0 Å². The second kappa shape index (κ2) is 5.66. The van der Waals surface area contributed by atoms with E-state index in [9.17, 15) is 0 Å². The van der Waals surface area contributed by atoms with Crippen LogP contribution in [0.2, 0.25) is 0 Å². The largest absolute Gasteiger partial charge is 0.365 e. The summed E-state index contributed by atoms with van der Waals surface area (Å²) in [5.41, 5.74) is 1.20. The van der Waals surface area contributed by atoms with E-state index in [-0.39, 0.29) is 0 Å². The molecule has 16 heavy (non-hydrogen) atoms. The van der Waals surface area contributed by atoms with Crippen LogP contribution < -0.4 is 5.32 Å². The second-order valence-corrected chi connectivity index (χ2v) is 3.28. The molecule has 0 unspecified atom stereocenters. The zero-order valence-corrected chi connectivity index (χ0v) is 8.88. The van der Waals surface area contributed by atoms with Crippen LogP contribution in [0.5, 0.6) is 0 Å². The number of hydrogen-bond acceptors (Lipinski definition) is 3. The van der Waals surface area contributed by atoms with E-state index in [1.54, 1.807) is 18.6 Å². The molecule has 0 atom stereocenters. The average Bonchev–Trinajstić information content (AvgIpc) is 2.37. The van der Waals surface area contributed by atoms with Gasteiger partial charge in [0.2, 0.25) is 0 Å². The predicted octanol–water partition coefficient (Wildman–Crippen LogP) is 2.60. The molecule has 2 rings (SSSR count). The Morgan fingerprint density at radius 2 is 2.00 bits per heavy atom. The molecule has 0 bridgehead atoms. The number of anilines is 1. The van der Waals surface area contributed by atoms with Crippen molar-refractivity contribution < 1.29 is 0 Å². The fourth-order valence-corrected chi connectivity index (χ4v) is 1.31. The van der Waals surface area contributed by atoms with Crippen molar-refractivity contribution in [2.75, 3.05) is 11.9 Å². The number of aromatic nitrogens is 2. The lowest BCUT2D eigenvalue weighted by atomic mass is 10.2. The molecule has 80 valence electrons. The van der Waals surface area contributed by atoms with Gasteiger partial charge in [-0.05, 0) is 5.56 Å². The van der Waals surface area contributed by atoms with Gasteiger partial charge in [0.1, 0.15) is 5.82 Å². The van der Waals surface area contributed by atoms with Gasteiger partial charge in [-0.1, -0.05) is 42.5 Å². The summed E-state index contributed by atoms with van der Waals surface area (Å²) < 4.78 is 0. The van der Waals surface area contributed by atoms with Crippen LogP contribution in [0.4, 0.5) is 5.82 Å². The van der Waals surface area contributed by atoms with Crippen molar-refractivity contribution in [3.05, 3.63) is 60.6 Å². The molecule has 0 spiro atoms. The number of nitrogens with one attached hydrogen (secondary N) is 1. The lowest BCUT2D eigenvalue weighted by molar-refractivity contribution is 1.16. The van der Waals surface area contributed by atoms with Gasteiger partial charge in [0.05, 0.1) is 6.20 Å². The van der Waals surface area contributed by atoms with Gasteiger partial charge in [0.25, 0.3) is 0 Å². The van der Waals surface area contributed by atoms with Gasteiger partial charge in [0.15, 0.2) is 0 Å². The maximum absolute atomic E-state index is 4.12. The highest BCUT2D eigenvalue weighted by molar-refractivity contribution is 5.49.